The lowest BCUT2D eigenvalue weighted by molar-refractivity contribution is -0.384. The smallest absolute Gasteiger partial charge is 0.281 e. The first kappa shape index (κ1) is 46.0. The van der Waals surface area contributed by atoms with Crippen LogP contribution in [0.3, 0.4) is 0 Å². The van der Waals surface area contributed by atoms with E-state index in [1.54, 1.807) is 99.0 Å². The molecule has 66 heavy (non-hydrogen) atoms. The van der Waals surface area contributed by atoms with Gasteiger partial charge in [-0.15, -0.1) is 22.7 Å². The summed E-state index contributed by atoms with van der Waals surface area (Å²) in [6, 6.07) is 37.1. The van der Waals surface area contributed by atoms with Crippen molar-refractivity contribution in [2.24, 2.45) is 0 Å². The number of benzene rings is 6. The van der Waals surface area contributed by atoms with E-state index in [1.807, 2.05) is 18.2 Å². The average Bonchev–Trinajstić information content (AvgIpc) is 3.96. The summed E-state index contributed by atoms with van der Waals surface area (Å²) in [5.74, 6) is -2.37. The number of nitrogens with one attached hydrogen (secondary N) is 2. The van der Waals surface area contributed by atoms with E-state index >= 15 is 0 Å². The second-order valence-electron chi connectivity index (χ2n) is 15.0. The fourth-order valence-corrected chi connectivity index (χ4v) is 8.56. The molecule has 6 aromatic carbocycles. The zero-order chi connectivity index (χ0) is 46.9. The topological polar surface area (TPSA) is 194 Å². The number of carbonyl (C=O) groups excluding carboxylic acids is 4. The van der Waals surface area contributed by atoms with Gasteiger partial charge < -0.3 is 26.2 Å². The third-order valence-corrected chi connectivity index (χ3v) is 12.1. The molecule has 0 spiro atoms. The van der Waals surface area contributed by atoms with Gasteiger partial charge in [-0.1, -0.05) is 84.9 Å². The van der Waals surface area contributed by atoms with Crippen LogP contribution in [0.25, 0.3) is 20.4 Å². The number of likely N-dealkylation sites (N-methyl/N-ethyl adjacent to an activating group) is 2. The van der Waals surface area contributed by atoms with Crippen LogP contribution in [0.4, 0.5) is 20.2 Å². The minimum atomic E-state index is -0.986. The van der Waals surface area contributed by atoms with Crippen molar-refractivity contribution in [3.63, 3.8) is 0 Å². The molecule has 0 radical (unpaired) electrons. The third kappa shape index (κ3) is 11.4. The first-order valence-corrected chi connectivity index (χ1v) is 21.8. The maximum absolute atomic E-state index is 13.3. The van der Waals surface area contributed by atoms with Crippen molar-refractivity contribution in [2.45, 2.75) is 25.2 Å². The van der Waals surface area contributed by atoms with E-state index in [0.29, 0.717) is 32.5 Å². The highest BCUT2D eigenvalue weighted by Crippen LogP contribution is 2.28. The fraction of sp³-hybridized carbons (Fsp3) is 0.125. The number of nitro groups is 1. The van der Waals surface area contributed by atoms with Gasteiger partial charge >= 0.3 is 0 Å². The van der Waals surface area contributed by atoms with Gasteiger partial charge in [0.2, 0.25) is 11.8 Å². The molecular formula is C48H40F2N8O6S2. The van der Waals surface area contributed by atoms with E-state index in [1.165, 1.54) is 63.6 Å². The number of non-ortho nitro benzene ring substituents is 1. The molecule has 14 nitrogen and oxygen atoms in total. The summed E-state index contributed by atoms with van der Waals surface area (Å²) in [5.41, 5.74) is 10.2. The number of nitrogens with zero attached hydrogens (tertiary/aromatic N) is 5. The zero-order valence-corrected chi connectivity index (χ0v) is 36.9. The Labute approximate surface area is 384 Å². The summed E-state index contributed by atoms with van der Waals surface area (Å²) in [4.78, 5) is 74.8. The summed E-state index contributed by atoms with van der Waals surface area (Å²) in [5, 5.41) is 16.9. The standard InChI is InChI=1S/C24H19FN4O4S.C24H21FN4O2S/c1-28(14-15-7-9-17(25)10-8-15)24(31)21(16-5-3-2-4-6-16)27-22(30)23-26-19-12-11-18(29(32)33)13-20(19)34-23;1-29(14-15-7-9-17(25)10-8-15)24(31)21(16-5-3-2-4-6-16)28-22(30)23-27-19-12-11-18(26)13-20(19)32-23/h2-13,21H,14H2,1H3,(H,27,30);2-13,21H,14,26H2,1H3,(H,28,30)/t2*21-/m00/s1. The number of nitro benzene ring substituents is 1. The number of nitrogen functional groups attached to an aromatic ring is 1. The number of aromatic nitrogens is 2. The summed E-state index contributed by atoms with van der Waals surface area (Å²) >= 11 is 2.23. The molecule has 2 atom stereocenters. The molecule has 4 N–H and O–H groups in total. The van der Waals surface area contributed by atoms with Crippen LogP contribution in [0.2, 0.25) is 0 Å². The normalized spacial score (nSPS) is 11.8. The molecule has 0 aliphatic rings. The van der Waals surface area contributed by atoms with Gasteiger partial charge in [-0.25, -0.2) is 18.7 Å². The average molecular weight is 927 g/mol. The molecule has 0 fully saturated rings. The molecule has 0 aliphatic heterocycles. The number of nitrogens with two attached hydrogens (primary N) is 1. The van der Waals surface area contributed by atoms with Crippen LogP contribution >= 0.6 is 22.7 Å². The van der Waals surface area contributed by atoms with Gasteiger partial charge in [0.15, 0.2) is 10.0 Å². The minimum Gasteiger partial charge on any atom is -0.399 e. The molecular weight excluding hydrogens is 887 g/mol. The monoisotopic (exact) mass is 926 g/mol. The number of carbonyl (C=O) groups is 4. The molecule has 334 valence electrons. The first-order valence-electron chi connectivity index (χ1n) is 20.1. The third-order valence-electron chi connectivity index (χ3n) is 10.1. The van der Waals surface area contributed by atoms with Gasteiger partial charge in [0.25, 0.3) is 17.5 Å². The van der Waals surface area contributed by atoms with Gasteiger partial charge in [0.1, 0.15) is 23.7 Å². The number of amides is 4. The highest BCUT2D eigenvalue weighted by atomic mass is 32.1. The second-order valence-corrected chi connectivity index (χ2v) is 17.0. The van der Waals surface area contributed by atoms with Crippen molar-refractivity contribution in [1.29, 1.82) is 0 Å². The number of halogens is 2. The van der Waals surface area contributed by atoms with Gasteiger partial charge in [-0.2, -0.15) is 0 Å². The molecule has 8 rings (SSSR count). The van der Waals surface area contributed by atoms with E-state index in [0.717, 1.165) is 27.2 Å². The number of hydrogen-bond acceptors (Lipinski definition) is 11. The van der Waals surface area contributed by atoms with Crippen LogP contribution < -0.4 is 16.4 Å². The van der Waals surface area contributed by atoms with E-state index in [4.69, 9.17) is 5.73 Å². The summed E-state index contributed by atoms with van der Waals surface area (Å²) < 4.78 is 27.7. The molecule has 0 bridgehead atoms. The first-order chi connectivity index (χ1) is 31.7. The van der Waals surface area contributed by atoms with Crippen molar-refractivity contribution >= 4 is 78.1 Å². The molecule has 0 saturated carbocycles. The Kier molecular flexibility index (Phi) is 14.4. The Hall–Kier alpha value is -7.96. The van der Waals surface area contributed by atoms with Crippen LogP contribution in [0.15, 0.2) is 146 Å². The van der Waals surface area contributed by atoms with E-state index in [2.05, 4.69) is 20.6 Å². The highest BCUT2D eigenvalue weighted by molar-refractivity contribution is 7.20. The Morgan fingerprint density at radius 3 is 1.45 bits per heavy atom. The molecule has 2 heterocycles. The minimum absolute atomic E-state index is 0.0883. The van der Waals surface area contributed by atoms with E-state index in [9.17, 15) is 38.1 Å². The molecule has 0 unspecified atom stereocenters. The Bertz CT molecular complexity index is 3030. The van der Waals surface area contributed by atoms with Crippen LogP contribution in [-0.2, 0) is 22.7 Å². The maximum Gasteiger partial charge on any atom is 0.281 e. The molecule has 2 aromatic heterocycles. The number of rotatable bonds is 13. The lowest BCUT2D eigenvalue weighted by Crippen LogP contribution is -2.41. The van der Waals surface area contributed by atoms with Crippen molar-refractivity contribution in [1.82, 2.24) is 30.4 Å². The molecule has 18 heteroatoms. The zero-order valence-electron chi connectivity index (χ0n) is 35.3. The lowest BCUT2D eigenvalue weighted by Gasteiger charge is -2.25. The molecule has 0 aliphatic carbocycles. The van der Waals surface area contributed by atoms with Crippen LogP contribution in [-0.4, -0.2) is 62.4 Å². The van der Waals surface area contributed by atoms with Gasteiger partial charge in [0.05, 0.1) is 25.4 Å². The van der Waals surface area contributed by atoms with E-state index in [-0.39, 0.29) is 52.2 Å². The fourth-order valence-electron chi connectivity index (χ4n) is 6.74. The molecule has 4 amide bonds. The highest BCUT2D eigenvalue weighted by Gasteiger charge is 2.29. The number of fused-ring (bicyclic) bond motifs is 2. The summed E-state index contributed by atoms with van der Waals surface area (Å²) in [6.07, 6.45) is 0. The second kappa shape index (κ2) is 20.7. The van der Waals surface area contributed by atoms with E-state index < -0.39 is 28.8 Å². The summed E-state index contributed by atoms with van der Waals surface area (Å²) in [6.45, 7) is 0.502. The Balaban J connectivity index is 0.000000197. The number of hydrogen-bond donors (Lipinski definition) is 3. The van der Waals surface area contributed by atoms with Gasteiger partial charge in [-0.3, -0.25) is 29.3 Å². The van der Waals surface area contributed by atoms with Crippen LogP contribution in [0.5, 0.6) is 0 Å². The molecule has 0 saturated heterocycles. The predicted octanol–water partition coefficient (Wildman–Crippen LogP) is 8.62. The number of thiazole rings is 2. The van der Waals surface area contributed by atoms with Crippen molar-refractivity contribution in [3.8, 4) is 0 Å². The molecule has 8 aromatic rings. The van der Waals surface area contributed by atoms with Crippen molar-refractivity contribution in [3.05, 3.63) is 200 Å². The van der Waals surface area contributed by atoms with Gasteiger partial charge in [-0.05, 0) is 70.8 Å². The summed E-state index contributed by atoms with van der Waals surface area (Å²) in [7, 11) is 3.25. The predicted molar refractivity (Wildman–Crippen MR) is 249 cm³/mol. The van der Waals surface area contributed by atoms with Crippen molar-refractivity contribution < 1.29 is 32.9 Å². The Morgan fingerprint density at radius 2 is 1.03 bits per heavy atom. The number of anilines is 1. The quantitative estimate of drug-likeness (QED) is 0.0577. The Morgan fingerprint density at radius 1 is 0.621 bits per heavy atom. The SMILES string of the molecule is CN(Cc1ccc(F)cc1)C(=O)[C@@H](NC(=O)c1nc2ccc(N)cc2s1)c1ccccc1.CN(Cc1ccc(F)cc1)C(=O)[C@@H](NC(=O)c1nc2ccc([N+](=O)[O-])cc2s1)c1ccccc1. The lowest BCUT2D eigenvalue weighted by atomic mass is 10.1. The largest absolute Gasteiger partial charge is 0.399 e. The van der Waals surface area contributed by atoms with Crippen LogP contribution in [0, 0.1) is 21.7 Å². The van der Waals surface area contributed by atoms with Crippen LogP contribution in [0.1, 0.15) is 53.9 Å². The van der Waals surface area contributed by atoms with Gasteiger partial charge in [0, 0.05) is 45.0 Å². The maximum atomic E-state index is 13.3. The van der Waals surface area contributed by atoms with Crippen molar-refractivity contribution in [2.75, 3.05) is 19.8 Å².